The Hall–Kier alpha value is -0.420. The third-order valence-corrected chi connectivity index (χ3v) is 5.07. The van der Waals surface area contributed by atoms with Gasteiger partial charge in [-0.2, -0.15) is 11.3 Å². The summed E-state index contributed by atoms with van der Waals surface area (Å²) in [4.78, 5) is 2.46. The highest BCUT2D eigenvalue weighted by Crippen LogP contribution is 2.31. The first-order chi connectivity index (χ1) is 9.24. The van der Waals surface area contributed by atoms with Crippen LogP contribution in [0.25, 0.3) is 0 Å². The van der Waals surface area contributed by atoms with Crippen molar-refractivity contribution < 1.29 is 9.84 Å². The SMILES string of the molecule is CC1CN(C2CCCCC2O)CC(c2ccsc2)O1. The van der Waals surface area contributed by atoms with E-state index in [0.717, 1.165) is 25.9 Å². The molecule has 0 bridgehead atoms. The average Bonchev–Trinajstić information content (AvgIpc) is 2.92. The molecule has 1 saturated carbocycles. The van der Waals surface area contributed by atoms with E-state index in [4.69, 9.17) is 4.74 Å². The molecule has 2 fully saturated rings. The van der Waals surface area contributed by atoms with Gasteiger partial charge in [-0.15, -0.1) is 0 Å². The van der Waals surface area contributed by atoms with Crippen molar-refractivity contribution in [3.8, 4) is 0 Å². The number of thiophene rings is 1. The zero-order valence-corrected chi connectivity index (χ0v) is 12.3. The molecule has 2 aliphatic rings. The van der Waals surface area contributed by atoms with Gasteiger partial charge in [0.25, 0.3) is 0 Å². The van der Waals surface area contributed by atoms with Gasteiger partial charge in [-0.05, 0) is 42.2 Å². The Morgan fingerprint density at radius 2 is 2.16 bits per heavy atom. The van der Waals surface area contributed by atoms with Crippen molar-refractivity contribution in [1.82, 2.24) is 4.90 Å². The second-order valence-corrected chi connectivity index (χ2v) is 6.65. The summed E-state index contributed by atoms with van der Waals surface area (Å²) in [5, 5.41) is 14.5. The van der Waals surface area contributed by atoms with Crippen molar-refractivity contribution in [2.45, 2.75) is 57.0 Å². The Morgan fingerprint density at radius 1 is 1.32 bits per heavy atom. The summed E-state index contributed by atoms with van der Waals surface area (Å²) in [6.07, 6.45) is 4.77. The molecule has 1 aromatic heterocycles. The predicted molar refractivity (Wildman–Crippen MR) is 77.4 cm³/mol. The fourth-order valence-corrected chi connectivity index (χ4v) is 4.12. The predicted octanol–water partition coefficient (Wildman–Crippen LogP) is 2.81. The summed E-state index contributed by atoms with van der Waals surface area (Å²) in [5.74, 6) is 0. The van der Waals surface area contributed by atoms with Crippen molar-refractivity contribution in [2.24, 2.45) is 0 Å². The lowest BCUT2D eigenvalue weighted by Gasteiger charge is -2.44. The highest BCUT2D eigenvalue weighted by molar-refractivity contribution is 7.07. The van der Waals surface area contributed by atoms with Gasteiger partial charge in [0.15, 0.2) is 0 Å². The fraction of sp³-hybridized carbons (Fsp3) is 0.733. The maximum atomic E-state index is 10.2. The molecule has 3 nitrogen and oxygen atoms in total. The number of nitrogens with zero attached hydrogens (tertiary/aromatic N) is 1. The maximum absolute atomic E-state index is 10.2. The van der Waals surface area contributed by atoms with Crippen molar-refractivity contribution in [1.29, 1.82) is 0 Å². The van der Waals surface area contributed by atoms with Gasteiger partial charge in [0, 0.05) is 19.1 Å². The molecular weight excluding hydrogens is 258 g/mol. The highest BCUT2D eigenvalue weighted by atomic mass is 32.1. The standard InChI is InChI=1S/C15H23NO2S/c1-11-8-16(13-4-2-3-5-14(13)17)9-15(18-11)12-6-7-19-10-12/h6-7,10-11,13-15,17H,2-5,8-9H2,1H3. The molecule has 4 heteroatoms. The van der Waals surface area contributed by atoms with Crippen LogP contribution in [0.1, 0.15) is 44.3 Å². The zero-order chi connectivity index (χ0) is 13.2. The van der Waals surface area contributed by atoms with Gasteiger partial charge in [-0.1, -0.05) is 12.8 Å². The van der Waals surface area contributed by atoms with Crippen LogP contribution in [-0.2, 0) is 4.74 Å². The molecule has 4 unspecified atom stereocenters. The Kier molecular flexibility index (Phi) is 4.22. The van der Waals surface area contributed by atoms with Gasteiger partial charge in [0.05, 0.1) is 18.3 Å². The van der Waals surface area contributed by atoms with E-state index >= 15 is 0 Å². The number of hydrogen-bond donors (Lipinski definition) is 1. The topological polar surface area (TPSA) is 32.7 Å². The van der Waals surface area contributed by atoms with Crippen LogP contribution in [0, 0.1) is 0 Å². The zero-order valence-electron chi connectivity index (χ0n) is 11.5. The van der Waals surface area contributed by atoms with Crippen LogP contribution in [0.5, 0.6) is 0 Å². The molecule has 1 aromatic rings. The van der Waals surface area contributed by atoms with E-state index in [2.05, 4.69) is 28.7 Å². The second-order valence-electron chi connectivity index (χ2n) is 5.87. The number of rotatable bonds is 2. The van der Waals surface area contributed by atoms with Crippen LogP contribution < -0.4 is 0 Å². The van der Waals surface area contributed by atoms with Crippen LogP contribution in [-0.4, -0.2) is 41.3 Å². The van der Waals surface area contributed by atoms with E-state index in [0.29, 0.717) is 6.04 Å². The van der Waals surface area contributed by atoms with Crippen LogP contribution in [0.2, 0.25) is 0 Å². The fourth-order valence-electron chi connectivity index (χ4n) is 3.41. The molecule has 2 heterocycles. The quantitative estimate of drug-likeness (QED) is 0.905. The summed E-state index contributed by atoms with van der Waals surface area (Å²) in [5.41, 5.74) is 1.28. The van der Waals surface area contributed by atoms with E-state index in [1.165, 1.54) is 18.4 Å². The highest BCUT2D eigenvalue weighted by Gasteiger charge is 2.35. The van der Waals surface area contributed by atoms with E-state index in [1.807, 2.05) is 0 Å². The normalized spacial score (nSPS) is 37.4. The molecule has 1 N–H and O–H groups in total. The molecule has 0 radical (unpaired) electrons. The van der Waals surface area contributed by atoms with E-state index < -0.39 is 0 Å². The summed E-state index contributed by atoms with van der Waals surface area (Å²) in [7, 11) is 0. The Balaban J connectivity index is 1.71. The molecule has 0 aromatic carbocycles. The van der Waals surface area contributed by atoms with Crippen molar-refractivity contribution >= 4 is 11.3 Å². The molecule has 4 atom stereocenters. The molecule has 19 heavy (non-hydrogen) atoms. The van der Waals surface area contributed by atoms with E-state index in [1.54, 1.807) is 11.3 Å². The second kappa shape index (κ2) is 5.92. The van der Waals surface area contributed by atoms with Crippen molar-refractivity contribution in [2.75, 3.05) is 13.1 Å². The van der Waals surface area contributed by atoms with E-state index in [9.17, 15) is 5.11 Å². The van der Waals surface area contributed by atoms with Crippen LogP contribution in [0.4, 0.5) is 0 Å². The van der Waals surface area contributed by atoms with E-state index in [-0.39, 0.29) is 18.3 Å². The largest absolute Gasteiger partial charge is 0.391 e. The summed E-state index contributed by atoms with van der Waals surface area (Å²) < 4.78 is 6.07. The third-order valence-electron chi connectivity index (χ3n) is 4.37. The molecule has 106 valence electrons. The number of morpholine rings is 1. The molecular formula is C15H23NO2S. The number of ether oxygens (including phenoxy) is 1. The van der Waals surface area contributed by atoms with Gasteiger partial charge >= 0.3 is 0 Å². The smallest absolute Gasteiger partial charge is 0.0964 e. The first-order valence-electron chi connectivity index (χ1n) is 7.33. The third kappa shape index (κ3) is 3.02. The molecule has 1 aliphatic carbocycles. The van der Waals surface area contributed by atoms with Gasteiger partial charge in [0.1, 0.15) is 0 Å². The Morgan fingerprint density at radius 3 is 2.89 bits per heavy atom. The molecule has 1 aliphatic heterocycles. The minimum atomic E-state index is -0.151. The van der Waals surface area contributed by atoms with Gasteiger partial charge < -0.3 is 9.84 Å². The molecule has 0 amide bonds. The summed E-state index contributed by atoms with van der Waals surface area (Å²) in [6, 6.07) is 2.49. The molecule has 3 rings (SSSR count). The Bertz CT molecular complexity index is 395. The van der Waals surface area contributed by atoms with Gasteiger partial charge in [0.2, 0.25) is 0 Å². The molecule has 1 saturated heterocycles. The minimum absolute atomic E-state index is 0.151. The maximum Gasteiger partial charge on any atom is 0.0964 e. The van der Waals surface area contributed by atoms with Crippen LogP contribution in [0.15, 0.2) is 16.8 Å². The number of aliphatic hydroxyl groups is 1. The average molecular weight is 281 g/mol. The number of aliphatic hydroxyl groups excluding tert-OH is 1. The summed E-state index contributed by atoms with van der Waals surface area (Å²) >= 11 is 1.72. The lowest BCUT2D eigenvalue weighted by Crippen LogP contribution is -2.53. The van der Waals surface area contributed by atoms with Crippen molar-refractivity contribution in [3.63, 3.8) is 0 Å². The Labute approximate surface area is 119 Å². The minimum Gasteiger partial charge on any atom is -0.391 e. The lowest BCUT2D eigenvalue weighted by molar-refractivity contribution is -0.110. The van der Waals surface area contributed by atoms with Crippen LogP contribution in [0.3, 0.4) is 0 Å². The monoisotopic (exact) mass is 281 g/mol. The summed E-state index contributed by atoms with van der Waals surface area (Å²) in [6.45, 7) is 4.01. The number of hydrogen-bond acceptors (Lipinski definition) is 4. The van der Waals surface area contributed by atoms with Crippen molar-refractivity contribution in [3.05, 3.63) is 22.4 Å². The van der Waals surface area contributed by atoms with Gasteiger partial charge in [-0.25, -0.2) is 0 Å². The first-order valence-corrected chi connectivity index (χ1v) is 8.28. The first kappa shape index (κ1) is 13.6. The lowest BCUT2D eigenvalue weighted by atomic mass is 9.90. The van der Waals surface area contributed by atoms with Gasteiger partial charge in [-0.3, -0.25) is 4.90 Å². The van der Waals surface area contributed by atoms with Crippen LogP contribution >= 0.6 is 11.3 Å². The molecule has 0 spiro atoms.